The van der Waals surface area contributed by atoms with Gasteiger partial charge in [0.1, 0.15) is 5.82 Å². The van der Waals surface area contributed by atoms with Gasteiger partial charge in [-0.25, -0.2) is 4.98 Å². The molecule has 0 bridgehead atoms. The van der Waals surface area contributed by atoms with Crippen molar-refractivity contribution in [1.82, 2.24) is 14.5 Å². The van der Waals surface area contributed by atoms with Crippen LogP contribution in [0, 0.1) is 5.92 Å². The first-order valence-electron chi connectivity index (χ1n) is 9.15. The number of aryl methyl sites for hydroxylation is 1. The second kappa shape index (κ2) is 7.72. The molecule has 0 saturated carbocycles. The highest BCUT2D eigenvalue weighted by atomic mass is 16.2. The van der Waals surface area contributed by atoms with Gasteiger partial charge in [-0.2, -0.15) is 0 Å². The molecule has 1 aliphatic rings. The number of amides is 1. The fraction of sp³-hybridized carbons (Fsp3) is 0.500. The zero-order valence-electron chi connectivity index (χ0n) is 15.5. The minimum Gasteiger partial charge on any atom is -0.378 e. The van der Waals surface area contributed by atoms with Gasteiger partial charge in [-0.05, 0) is 43.0 Å². The van der Waals surface area contributed by atoms with Crippen LogP contribution in [0.4, 0.5) is 5.69 Å². The van der Waals surface area contributed by atoms with Crippen LogP contribution in [0.15, 0.2) is 36.7 Å². The molecular weight excluding hydrogens is 312 g/mol. The number of benzene rings is 1. The van der Waals surface area contributed by atoms with Crippen LogP contribution < -0.4 is 4.90 Å². The van der Waals surface area contributed by atoms with E-state index in [4.69, 9.17) is 0 Å². The Morgan fingerprint density at radius 2 is 1.88 bits per heavy atom. The molecule has 2 heterocycles. The Labute approximate surface area is 150 Å². The number of aromatic nitrogens is 2. The highest BCUT2D eigenvalue weighted by molar-refractivity contribution is 5.94. The number of nitrogens with zero attached hydrogens (tertiary/aromatic N) is 4. The van der Waals surface area contributed by atoms with Gasteiger partial charge in [0.05, 0.1) is 0 Å². The second-order valence-electron chi connectivity index (χ2n) is 7.03. The van der Waals surface area contributed by atoms with Crippen LogP contribution in [0.25, 0.3) is 0 Å². The summed E-state index contributed by atoms with van der Waals surface area (Å²) in [5.74, 6) is 1.93. The summed E-state index contributed by atoms with van der Waals surface area (Å²) in [6, 6.07) is 7.88. The van der Waals surface area contributed by atoms with Crippen LogP contribution in [0.5, 0.6) is 0 Å². The molecule has 134 valence electrons. The predicted molar refractivity (Wildman–Crippen MR) is 101 cm³/mol. The van der Waals surface area contributed by atoms with E-state index in [0.717, 1.165) is 56.0 Å². The van der Waals surface area contributed by atoms with E-state index < -0.39 is 0 Å². The Morgan fingerprint density at radius 1 is 1.20 bits per heavy atom. The summed E-state index contributed by atoms with van der Waals surface area (Å²) >= 11 is 0. The third-order valence-electron chi connectivity index (χ3n) is 5.11. The van der Waals surface area contributed by atoms with E-state index in [-0.39, 0.29) is 5.91 Å². The molecule has 0 unspecified atom stereocenters. The van der Waals surface area contributed by atoms with Crippen molar-refractivity contribution in [3.05, 3.63) is 48.0 Å². The third-order valence-corrected chi connectivity index (χ3v) is 5.11. The normalized spacial score (nSPS) is 15.4. The average molecular weight is 340 g/mol. The van der Waals surface area contributed by atoms with Crippen molar-refractivity contribution in [1.29, 1.82) is 0 Å². The Hall–Kier alpha value is -2.30. The Morgan fingerprint density at radius 3 is 2.48 bits per heavy atom. The summed E-state index contributed by atoms with van der Waals surface area (Å²) in [5.41, 5.74) is 1.90. The number of rotatable bonds is 5. The molecule has 0 N–H and O–H groups in total. The molecule has 1 fully saturated rings. The number of imidazole rings is 1. The maximum absolute atomic E-state index is 12.7. The highest BCUT2D eigenvalue weighted by Crippen LogP contribution is 2.22. The quantitative estimate of drug-likeness (QED) is 0.840. The van der Waals surface area contributed by atoms with Crippen LogP contribution in [-0.2, 0) is 13.0 Å². The van der Waals surface area contributed by atoms with Gasteiger partial charge in [0.25, 0.3) is 5.91 Å². The first-order valence-corrected chi connectivity index (χ1v) is 9.15. The zero-order chi connectivity index (χ0) is 17.8. The minimum absolute atomic E-state index is 0.153. The number of piperidine rings is 1. The maximum Gasteiger partial charge on any atom is 0.253 e. The van der Waals surface area contributed by atoms with E-state index in [1.165, 1.54) is 0 Å². The highest BCUT2D eigenvalue weighted by Gasteiger charge is 2.24. The molecule has 2 aromatic rings. The topological polar surface area (TPSA) is 41.4 Å². The molecule has 1 aromatic heterocycles. The van der Waals surface area contributed by atoms with Gasteiger partial charge in [0, 0.05) is 63.8 Å². The van der Waals surface area contributed by atoms with Crippen LogP contribution in [0.3, 0.4) is 0 Å². The SMILES string of the molecule is CCc1nccn1CC1CCN(C(=O)c2ccc(N(C)C)cc2)CC1. The molecule has 1 aliphatic heterocycles. The number of carbonyl (C=O) groups excluding carboxylic acids is 1. The minimum atomic E-state index is 0.153. The molecular formula is C20H28N4O. The molecule has 1 amide bonds. The molecule has 0 atom stereocenters. The van der Waals surface area contributed by atoms with E-state index >= 15 is 0 Å². The second-order valence-corrected chi connectivity index (χ2v) is 7.03. The van der Waals surface area contributed by atoms with E-state index in [1.807, 2.05) is 54.4 Å². The van der Waals surface area contributed by atoms with Crippen molar-refractivity contribution in [2.45, 2.75) is 32.7 Å². The number of hydrogen-bond donors (Lipinski definition) is 0. The van der Waals surface area contributed by atoms with Crippen molar-refractivity contribution in [3.8, 4) is 0 Å². The van der Waals surface area contributed by atoms with Gasteiger partial charge in [-0.15, -0.1) is 0 Å². The summed E-state index contributed by atoms with van der Waals surface area (Å²) in [7, 11) is 4.01. The standard InChI is InChI=1S/C20H28N4O/c1-4-19-21-11-14-24(19)15-16-9-12-23(13-10-16)20(25)17-5-7-18(8-6-17)22(2)3/h5-8,11,14,16H,4,9-10,12-13,15H2,1-3H3. The Balaban J connectivity index is 1.55. The lowest BCUT2D eigenvalue weighted by atomic mass is 9.96. The van der Waals surface area contributed by atoms with Gasteiger partial charge < -0.3 is 14.4 Å². The van der Waals surface area contributed by atoms with Crippen LogP contribution in [0.2, 0.25) is 0 Å². The first-order chi connectivity index (χ1) is 12.1. The fourth-order valence-electron chi connectivity index (χ4n) is 3.50. The number of anilines is 1. The molecule has 5 nitrogen and oxygen atoms in total. The van der Waals surface area contributed by atoms with Crippen LogP contribution in [0.1, 0.15) is 35.9 Å². The summed E-state index contributed by atoms with van der Waals surface area (Å²) in [6.07, 6.45) is 7.04. The average Bonchev–Trinajstić information content (AvgIpc) is 3.09. The van der Waals surface area contributed by atoms with Crippen LogP contribution >= 0.6 is 0 Å². The summed E-state index contributed by atoms with van der Waals surface area (Å²) < 4.78 is 2.27. The molecule has 0 aliphatic carbocycles. The number of likely N-dealkylation sites (tertiary alicyclic amines) is 1. The number of carbonyl (C=O) groups is 1. The molecule has 25 heavy (non-hydrogen) atoms. The number of hydrogen-bond acceptors (Lipinski definition) is 3. The lowest BCUT2D eigenvalue weighted by molar-refractivity contribution is 0.0682. The van der Waals surface area contributed by atoms with Crippen LogP contribution in [-0.4, -0.2) is 47.5 Å². The fourth-order valence-corrected chi connectivity index (χ4v) is 3.50. The van der Waals surface area contributed by atoms with Crippen molar-refractivity contribution < 1.29 is 4.79 Å². The molecule has 3 rings (SSSR count). The van der Waals surface area contributed by atoms with Crippen molar-refractivity contribution in [2.24, 2.45) is 5.92 Å². The van der Waals surface area contributed by atoms with E-state index in [9.17, 15) is 4.79 Å². The molecule has 5 heteroatoms. The molecule has 1 saturated heterocycles. The smallest absolute Gasteiger partial charge is 0.253 e. The summed E-state index contributed by atoms with van der Waals surface area (Å²) in [6.45, 7) is 4.84. The maximum atomic E-state index is 12.7. The van der Waals surface area contributed by atoms with E-state index in [0.29, 0.717) is 5.92 Å². The largest absolute Gasteiger partial charge is 0.378 e. The van der Waals surface area contributed by atoms with Gasteiger partial charge in [0.2, 0.25) is 0 Å². The van der Waals surface area contributed by atoms with Gasteiger partial charge in [-0.3, -0.25) is 4.79 Å². The summed E-state index contributed by atoms with van der Waals surface area (Å²) in [4.78, 5) is 21.1. The lowest BCUT2D eigenvalue weighted by Gasteiger charge is -2.32. The van der Waals surface area contributed by atoms with Crippen molar-refractivity contribution >= 4 is 11.6 Å². The van der Waals surface area contributed by atoms with Gasteiger partial charge in [0.15, 0.2) is 0 Å². The Bertz CT molecular complexity index is 697. The predicted octanol–water partition coefficient (Wildman–Crippen LogP) is 3.06. The van der Waals surface area contributed by atoms with Gasteiger partial charge >= 0.3 is 0 Å². The van der Waals surface area contributed by atoms with Gasteiger partial charge in [-0.1, -0.05) is 6.92 Å². The molecule has 0 spiro atoms. The van der Waals surface area contributed by atoms with E-state index in [2.05, 4.69) is 22.7 Å². The first kappa shape index (κ1) is 17.5. The lowest BCUT2D eigenvalue weighted by Crippen LogP contribution is -2.39. The molecule has 1 aromatic carbocycles. The molecule has 0 radical (unpaired) electrons. The third kappa shape index (κ3) is 4.03. The van der Waals surface area contributed by atoms with Crippen molar-refractivity contribution in [3.63, 3.8) is 0 Å². The zero-order valence-corrected chi connectivity index (χ0v) is 15.5. The van der Waals surface area contributed by atoms with E-state index in [1.54, 1.807) is 0 Å². The monoisotopic (exact) mass is 340 g/mol. The summed E-state index contributed by atoms with van der Waals surface area (Å²) in [5, 5.41) is 0. The Kier molecular flexibility index (Phi) is 5.41. The van der Waals surface area contributed by atoms with Crippen molar-refractivity contribution in [2.75, 3.05) is 32.1 Å².